The van der Waals surface area contributed by atoms with Crippen LogP contribution in [0.3, 0.4) is 0 Å². The average Bonchev–Trinajstić information content (AvgIpc) is 2.92. The molecule has 0 radical (unpaired) electrons. The van der Waals surface area contributed by atoms with E-state index in [1.54, 1.807) is 17.1 Å². The monoisotopic (exact) mass is 232 g/mol. The molecule has 1 aliphatic rings. The Morgan fingerprint density at radius 2 is 2.41 bits per heavy atom. The van der Waals surface area contributed by atoms with E-state index in [1.807, 2.05) is 7.05 Å². The lowest BCUT2D eigenvalue weighted by molar-refractivity contribution is -0.119. The standard InChI is InChI=1S/C11H12N4O2/c1-15-6-8(5-12-15)11-13-10(17-14-11)4-9(16)7-2-3-7/h5-7H,2-4H2,1H3. The smallest absolute Gasteiger partial charge is 0.234 e. The minimum Gasteiger partial charge on any atom is -0.338 e. The van der Waals surface area contributed by atoms with Crippen LogP contribution in [0.15, 0.2) is 16.9 Å². The average molecular weight is 232 g/mol. The summed E-state index contributed by atoms with van der Waals surface area (Å²) < 4.78 is 6.73. The summed E-state index contributed by atoms with van der Waals surface area (Å²) in [5, 5.41) is 7.87. The molecule has 0 amide bonds. The van der Waals surface area contributed by atoms with E-state index in [9.17, 15) is 4.79 Å². The first-order valence-electron chi connectivity index (χ1n) is 5.56. The van der Waals surface area contributed by atoms with Crippen LogP contribution in [0.5, 0.6) is 0 Å². The quantitative estimate of drug-likeness (QED) is 0.785. The molecule has 0 spiro atoms. The number of aromatic nitrogens is 4. The maximum absolute atomic E-state index is 11.6. The summed E-state index contributed by atoms with van der Waals surface area (Å²) in [4.78, 5) is 15.8. The zero-order valence-electron chi connectivity index (χ0n) is 9.46. The summed E-state index contributed by atoms with van der Waals surface area (Å²) in [6, 6.07) is 0. The van der Waals surface area contributed by atoms with Gasteiger partial charge in [0.25, 0.3) is 0 Å². The van der Waals surface area contributed by atoms with E-state index < -0.39 is 0 Å². The number of rotatable bonds is 4. The van der Waals surface area contributed by atoms with E-state index in [1.165, 1.54) is 0 Å². The van der Waals surface area contributed by atoms with Crippen LogP contribution in [0.2, 0.25) is 0 Å². The minimum absolute atomic E-state index is 0.200. The van der Waals surface area contributed by atoms with Gasteiger partial charge in [0.15, 0.2) is 0 Å². The molecule has 2 aromatic heterocycles. The fraction of sp³-hybridized carbons (Fsp3) is 0.455. The molecule has 0 aromatic carbocycles. The van der Waals surface area contributed by atoms with Crippen molar-refractivity contribution in [3.8, 4) is 11.4 Å². The first-order valence-corrected chi connectivity index (χ1v) is 5.56. The molecule has 0 atom stereocenters. The van der Waals surface area contributed by atoms with Gasteiger partial charge in [-0.05, 0) is 12.8 Å². The van der Waals surface area contributed by atoms with Crippen LogP contribution >= 0.6 is 0 Å². The third-order valence-corrected chi connectivity index (χ3v) is 2.79. The predicted molar refractivity (Wildman–Crippen MR) is 57.9 cm³/mol. The summed E-state index contributed by atoms with van der Waals surface area (Å²) in [5.74, 6) is 1.30. The second-order valence-corrected chi connectivity index (χ2v) is 4.33. The molecule has 1 aliphatic carbocycles. The number of carbonyl (C=O) groups is 1. The molecule has 6 nitrogen and oxygen atoms in total. The van der Waals surface area contributed by atoms with Crippen molar-refractivity contribution in [2.75, 3.05) is 0 Å². The normalized spacial score (nSPS) is 15.1. The summed E-state index contributed by atoms with van der Waals surface area (Å²) in [6.45, 7) is 0. The number of hydrogen-bond acceptors (Lipinski definition) is 5. The molecule has 0 aliphatic heterocycles. The SMILES string of the molecule is Cn1cc(-c2noc(CC(=O)C3CC3)n2)cn1. The zero-order chi connectivity index (χ0) is 11.8. The third kappa shape index (κ3) is 2.11. The Balaban J connectivity index is 1.75. The van der Waals surface area contributed by atoms with Gasteiger partial charge >= 0.3 is 0 Å². The number of carbonyl (C=O) groups excluding carboxylic acids is 1. The maximum atomic E-state index is 11.6. The van der Waals surface area contributed by atoms with Crippen LogP contribution in [0.25, 0.3) is 11.4 Å². The van der Waals surface area contributed by atoms with Gasteiger partial charge in [-0.15, -0.1) is 0 Å². The molecule has 0 N–H and O–H groups in total. The van der Waals surface area contributed by atoms with Crippen molar-refractivity contribution in [3.63, 3.8) is 0 Å². The van der Waals surface area contributed by atoms with Gasteiger partial charge in [-0.25, -0.2) is 0 Å². The van der Waals surface area contributed by atoms with Gasteiger partial charge in [0.1, 0.15) is 5.78 Å². The molecule has 0 unspecified atom stereocenters. The molecule has 1 fully saturated rings. The molecule has 0 bridgehead atoms. The Morgan fingerprint density at radius 3 is 3.06 bits per heavy atom. The predicted octanol–water partition coefficient (Wildman–Crippen LogP) is 0.992. The highest BCUT2D eigenvalue weighted by Gasteiger charge is 2.30. The Kier molecular flexibility index (Phi) is 2.28. The lowest BCUT2D eigenvalue weighted by atomic mass is 10.2. The Morgan fingerprint density at radius 1 is 1.59 bits per heavy atom. The number of Topliss-reactive ketones (excluding diaryl/α,β-unsaturated/α-hetero) is 1. The van der Waals surface area contributed by atoms with Crippen molar-refractivity contribution >= 4 is 5.78 Å². The van der Waals surface area contributed by atoms with E-state index in [0.717, 1.165) is 18.4 Å². The number of ketones is 1. The lowest BCUT2D eigenvalue weighted by Crippen LogP contribution is -2.04. The Labute approximate surface area is 97.6 Å². The van der Waals surface area contributed by atoms with E-state index in [2.05, 4.69) is 15.2 Å². The molecule has 1 saturated carbocycles. The van der Waals surface area contributed by atoms with Gasteiger partial charge in [-0.3, -0.25) is 9.48 Å². The minimum atomic E-state index is 0.200. The Bertz CT molecular complexity index is 553. The molecule has 6 heteroatoms. The number of hydrogen-bond donors (Lipinski definition) is 0. The molecule has 3 rings (SSSR count). The van der Waals surface area contributed by atoms with Crippen LogP contribution in [0.4, 0.5) is 0 Å². The molecule has 2 aromatic rings. The van der Waals surface area contributed by atoms with Crippen molar-refractivity contribution in [1.29, 1.82) is 0 Å². The highest BCUT2D eigenvalue weighted by Crippen LogP contribution is 2.30. The highest BCUT2D eigenvalue weighted by molar-refractivity contribution is 5.84. The van der Waals surface area contributed by atoms with E-state index >= 15 is 0 Å². The molecule has 17 heavy (non-hydrogen) atoms. The van der Waals surface area contributed by atoms with Crippen molar-refractivity contribution < 1.29 is 9.32 Å². The summed E-state index contributed by atoms with van der Waals surface area (Å²) in [7, 11) is 1.82. The molecule has 88 valence electrons. The number of nitrogens with zero attached hydrogens (tertiary/aromatic N) is 4. The fourth-order valence-corrected chi connectivity index (χ4v) is 1.68. The van der Waals surface area contributed by atoms with Crippen molar-refractivity contribution in [3.05, 3.63) is 18.3 Å². The molecular weight excluding hydrogens is 220 g/mol. The third-order valence-electron chi connectivity index (χ3n) is 2.79. The van der Waals surface area contributed by atoms with Gasteiger partial charge < -0.3 is 4.52 Å². The van der Waals surface area contributed by atoms with Crippen LogP contribution < -0.4 is 0 Å². The van der Waals surface area contributed by atoms with Crippen molar-refractivity contribution in [2.45, 2.75) is 19.3 Å². The van der Waals surface area contributed by atoms with Gasteiger partial charge in [-0.1, -0.05) is 5.16 Å². The van der Waals surface area contributed by atoms with Crippen LogP contribution in [-0.4, -0.2) is 25.7 Å². The summed E-state index contributed by atoms with van der Waals surface area (Å²) in [5.41, 5.74) is 0.793. The molecular formula is C11H12N4O2. The second-order valence-electron chi connectivity index (χ2n) is 4.33. The highest BCUT2D eigenvalue weighted by atomic mass is 16.5. The van der Waals surface area contributed by atoms with E-state index in [-0.39, 0.29) is 18.1 Å². The first-order chi connectivity index (χ1) is 8.22. The van der Waals surface area contributed by atoms with Crippen LogP contribution in [-0.2, 0) is 18.3 Å². The maximum Gasteiger partial charge on any atom is 0.234 e. The molecule has 0 saturated heterocycles. The summed E-state index contributed by atoms with van der Waals surface area (Å²) in [6.07, 6.45) is 5.72. The van der Waals surface area contributed by atoms with E-state index in [0.29, 0.717) is 11.7 Å². The second kappa shape index (κ2) is 3.80. The fourth-order valence-electron chi connectivity index (χ4n) is 1.68. The van der Waals surface area contributed by atoms with Crippen LogP contribution in [0.1, 0.15) is 18.7 Å². The Hall–Kier alpha value is -1.98. The van der Waals surface area contributed by atoms with Gasteiger partial charge in [0.05, 0.1) is 18.2 Å². The largest absolute Gasteiger partial charge is 0.338 e. The van der Waals surface area contributed by atoms with Crippen LogP contribution in [0, 0.1) is 5.92 Å². The number of aryl methyl sites for hydroxylation is 1. The van der Waals surface area contributed by atoms with Gasteiger partial charge in [0.2, 0.25) is 11.7 Å². The summed E-state index contributed by atoms with van der Waals surface area (Å²) >= 11 is 0. The zero-order valence-corrected chi connectivity index (χ0v) is 9.46. The van der Waals surface area contributed by atoms with E-state index in [4.69, 9.17) is 4.52 Å². The van der Waals surface area contributed by atoms with Crippen molar-refractivity contribution in [1.82, 2.24) is 19.9 Å². The van der Waals surface area contributed by atoms with Gasteiger partial charge in [-0.2, -0.15) is 10.1 Å². The molecule has 2 heterocycles. The topological polar surface area (TPSA) is 73.8 Å². The van der Waals surface area contributed by atoms with Gasteiger partial charge in [0, 0.05) is 19.2 Å². The first kappa shape index (κ1) is 10.2. The van der Waals surface area contributed by atoms with Crippen molar-refractivity contribution in [2.24, 2.45) is 13.0 Å². The lowest BCUT2D eigenvalue weighted by Gasteiger charge is -1.90.